The van der Waals surface area contributed by atoms with E-state index in [1.807, 2.05) is 0 Å². The van der Waals surface area contributed by atoms with Crippen LogP contribution < -0.4 is 10.1 Å². The van der Waals surface area contributed by atoms with Crippen LogP contribution in [0.25, 0.3) is 0 Å². The van der Waals surface area contributed by atoms with Crippen molar-refractivity contribution in [2.75, 3.05) is 5.32 Å². The molecular formula is C10H8F5NO2. The van der Waals surface area contributed by atoms with E-state index in [1.165, 1.54) is 18.3 Å². The molecule has 1 aromatic carbocycles. The fraction of sp³-hybridized carbons (Fsp3) is 0.300. The third-order valence-corrected chi connectivity index (χ3v) is 1.86. The number of amides is 1. The molecule has 0 atom stereocenters. The van der Waals surface area contributed by atoms with Crippen LogP contribution in [0.1, 0.15) is 5.56 Å². The number of carbonyl (C=O) groups excluding carboxylic acids is 1. The van der Waals surface area contributed by atoms with E-state index < -0.39 is 30.1 Å². The fourth-order valence-corrected chi connectivity index (χ4v) is 1.12. The van der Waals surface area contributed by atoms with Crippen molar-refractivity contribution in [2.45, 2.75) is 19.7 Å². The summed E-state index contributed by atoms with van der Waals surface area (Å²) < 4.78 is 64.1. The third kappa shape index (κ3) is 3.86. The van der Waals surface area contributed by atoms with E-state index in [-0.39, 0.29) is 0 Å². The van der Waals surface area contributed by atoms with Crippen LogP contribution in [0.4, 0.5) is 27.6 Å². The van der Waals surface area contributed by atoms with Gasteiger partial charge in [0.2, 0.25) is 0 Å². The molecule has 1 amide bonds. The molecule has 0 saturated carbocycles. The molecule has 18 heavy (non-hydrogen) atoms. The predicted octanol–water partition coefficient (Wildman–Crippen LogP) is 3.10. The maximum absolute atomic E-state index is 12.0. The van der Waals surface area contributed by atoms with Crippen molar-refractivity contribution < 1.29 is 31.5 Å². The molecule has 0 aliphatic heterocycles. The first-order valence-electron chi connectivity index (χ1n) is 4.64. The molecule has 0 aromatic heterocycles. The number of hydrogen-bond donors (Lipinski definition) is 1. The Morgan fingerprint density at radius 1 is 1.33 bits per heavy atom. The summed E-state index contributed by atoms with van der Waals surface area (Å²) in [6, 6.07) is 3.50. The standard InChI is InChI=1S/C10H8F5NO2/c1-5-2-3-6(7(4-5)18-9(11)12)16-8(17)10(13,14)15/h2-4,9H,1H3,(H,16,17). The van der Waals surface area contributed by atoms with E-state index in [2.05, 4.69) is 4.74 Å². The maximum atomic E-state index is 12.0. The number of anilines is 1. The van der Waals surface area contributed by atoms with Gasteiger partial charge in [0.05, 0.1) is 5.69 Å². The molecule has 3 nitrogen and oxygen atoms in total. The second-order valence-corrected chi connectivity index (χ2v) is 3.33. The molecule has 0 unspecified atom stereocenters. The zero-order valence-corrected chi connectivity index (χ0v) is 9.02. The van der Waals surface area contributed by atoms with Crippen molar-refractivity contribution in [3.05, 3.63) is 23.8 Å². The van der Waals surface area contributed by atoms with Gasteiger partial charge in [-0.2, -0.15) is 22.0 Å². The van der Waals surface area contributed by atoms with Crippen molar-refractivity contribution in [1.82, 2.24) is 0 Å². The number of benzene rings is 1. The summed E-state index contributed by atoms with van der Waals surface area (Å²) in [5, 5.41) is 1.46. The highest BCUT2D eigenvalue weighted by molar-refractivity contribution is 5.96. The second-order valence-electron chi connectivity index (χ2n) is 3.33. The molecule has 0 heterocycles. The van der Waals surface area contributed by atoms with Crippen molar-refractivity contribution in [1.29, 1.82) is 0 Å². The minimum atomic E-state index is -5.10. The number of carbonyl (C=O) groups is 1. The van der Waals surface area contributed by atoms with Gasteiger partial charge < -0.3 is 10.1 Å². The number of ether oxygens (including phenoxy) is 1. The number of rotatable bonds is 3. The largest absolute Gasteiger partial charge is 0.471 e. The van der Waals surface area contributed by atoms with E-state index in [0.717, 1.165) is 12.1 Å². The highest BCUT2D eigenvalue weighted by Crippen LogP contribution is 2.29. The van der Waals surface area contributed by atoms with Gasteiger partial charge in [0.1, 0.15) is 5.75 Å². The van der Waals surface area contributed by atoms with Crippen LogP contribution in [-0.2, 0) is 4.79 Å². The molecule has 0 aliphatic rings. The van der Waals surface area contributed by atoms with Crippen LogP contribution in [0.2, 0.25) is 0 Å². The Morgan fingerprint density at radius 3 is 2.44 bits per heavy atom. The number of alkyl halides is 5. The Hall–Kier alpha value is -1.86. The van der Waals surface area contributed by atoms with Gasteiger partial charge in [-0.05, 0) is 24.6 Å². The lowest BCUT2D eigenvalue weighted by molar-refractivity contribution is -0.167. The van der Waals surface area contributed by atoms with Gasteiger partial charge in [-0.25, -0.2) is 0 Å². The summed E-state index contributed by atoms with van der Waals surface area (Å²) >= 11 is 0. The van der Waals surface area contributed by atoms with E-state index in [4.69, 9.17) is 0 Å². The number of aryl methyl sites for hydroxylation is 1. The van der Waals surface area contributed by atoms with Crippen LogP contribution in [0.15, 0.2) is 18.2 Å². The van der Waals surface area contributed by atoms with Crippen molar-refractivity contribution in [3.63, 3.8) is 0 Å². The van der Waals surface area contributed by atoms with E-state index in [1.54, 1.807) is 0 Å². The SMILES string of the molecule is Cc1ccc(NC(=O)C(F)(F)F)c(OC(F)F)c1. The van der Waals surface area contributed by atoms with Crippen molar-refractivity contribution in [3.8, 4) is 5.75 Å². The van der Waals surface area contributed by atoms with Gasteiger partial charge in [0.15, 0.2) is 0 Å². The summed E-state index contributed by atoms with van der Waals surface area (Å²) in [5.41, 5.74) is 0.0267. The Balaban J connectivity index is 2.98. The number of hydrogen-bond acceptors (Lipinski definition) is 2. The van der Waals surface area contributed by atoms with Gasteiger partial charge >= 0.3 is 18.7 Å². The Morgan fingerprint density at radius 2 is 1.94 bits per heavy atom. The predicted molar refractivity (Wildman–Crippen MR) is 52.5 cm³/mol. The van der Waals surface area contributed by atoms with Crippen LogP contribution >= 0.6 is 0 Å². The number of nitrogens with one attached hydrogen (secondary N) is 1. The first kappa shape index (κ1) is 14.2. The lowest BCUT2D eigenvalue weighted by Gasteiger charge is -2.13. The average Bonchev–Trinajstić information content (AvgIpc) is 2.19. The van der Waals surface area contributed by atoms with Gasteiger partial charge in [-0.15, -0.1) is 0 Å². The summed E-state index contributed by atoms with van der Waals surface area (Å²) in [6.45, 7) is -1.67. The molecule has 0 aliphatic carbocycles. The Labute approximate surface area is 98.5 Å². The Bertz CT molecular complexity index is 444. The van der Waals surface area contributed by atoms with Crippen LogP contribution in [-0.4, -0.2) is 18.7 Å². The van der Waals surface area contributed by atoms with Crippen LogP contribution in [0.5, 0.6) is 5.75 Å². The van der Waals surface area contributed by atoms with E-state index in [0.29, 0.717) is 5.56 Å². The molecule has 0 radical (unpaired) electrons. The van der Waals surface area contributed by atoms with Crippen molar-refractivity contribution >= 4 is 11.6 Å². The lowest BCUT2D eigenvalue weighted by atomic mass is 10.2. The number of halogens is 5. The summed E-state index contributed by atoms with van der Waals surface area (Å²) in [7, 11) is 0. The molecular weight excluding hydrogens is 261 g/mol. The molecule has 0 bridgehead atoms. The van der Waals surface area contributed by atoms with E-state index >= 15 is 0 Å². The minimum Gasteiger partial charge on any atom is -0.433 e. The molecule has 100 valence electrons. The first-order chi connectivity index (χ1) is 8.20. The summed E-state index contributed by atoms with van der Waals surface area (Å²) in [4.78, 5) is 10.7. The monoisotopic (exact) mass is 269 g/mol. The fourth-order valence-electron chi connectivity index (χ4n) is 1.12. The van der Waals surface area contributed by atoms with Crippen molar-refractivity contribution in [2.24, 2.45) is 0 Å². The van der Waals surface area contributed by atoms with Gasteiger partial charge in [-0.3, -0.25) is 4.79 Å². The molecule has 1 aromatic rings. The normalized spacial score (nSPS) is 11.5. The highest BCUT2D eigenvalue weighted by atomic mass is 19.4. The quantitative estimate of drug-likeness (QED) is 0.856. The molecule has 8 heteroatoms. The zero-order valence-electron chi connectivity index (χ0n) is 9.02. The zero-order chi connectivity index (χ0) is 13.9. The highest BCUT2D eigenvalue weighted by Gasteiger charge is 2.39. The molecule has 1 rings (SSSR count). The second kappa shape index (κ2) is 5.19. The van der Waals surface area contributed by atoms with Crippen LogP contribution in [0, 0.1) is 6.92 Å². The Kier molecular flexibility index (Phi) is 4.10. The maximum Gasteiger partial charge on any atom is 0.471 e. The molecule has 1 N–H and O–H groups in total. The topological polar surface area (TPSA) is 38.3 Å². The van der Waals surface area contributed by atoms with Gasteiger partial charge in [-0.1, -0.05) is 6.07 Å². The van der Waals surface area contributed by atoms with E-state index in [9.17, 15) is 26.7 Å². The summed E-state index contributed by atoms with van der Waals surface area (Å²) in [6.07, 6.45) is -5.10. The molecule has 0 fully saturated rings. The van der Waals surface area contributed by atoms with Crippen LogP contribution in [0.3, 0.4) is 0 Å². The smallest absolute Gasteiger partial charge is 0.433 e. The third-order valence-electron chi connectivity index (χ3n) is 1.86. The first-order valence-corrected chi connectivity index (χ1v) is 4.64. The average molecular weight is 269 g/mol. The molecule has 0 saturated heterocycles. The van der Waals surface area contributed by atoms with Gasteiger partial charge in [0.25, 0.3) is 0 Å². The summed E-state index contributed by atoms with van der Waals surface area (Å²) in [5.74, 6) is -2.78. The molecule has 0 spiro atoms. The van der Waals surface area contributed by atoms with Gasteiger partial charge in [0, 0.05) is 0 Å². The lowest BCUT2D eigenvalue weighted by Crippen LogP contribution is -2.30. The minimum absolute atomic E-state index is 0.469.